The largest absolute Gasteiger partial charge is 0.492 e. The number of amides is 1. The number of unbranched alkanes of at least 4 members (excludes halogenated alkanes) is 3. The molecule has 5 rings (SSSR count). The van der Waals surface area contributed by atoms with Crippen LogP contribution in [0.25, 0.3) is 16.5 Å². The number of nitrogens with one attached hydrogen (secondary N) is 1. The van der Waals surface area contributed by atoms with Crippen LogP contribution in [-0.4, -0.2) is 144 Å². The summed E-state index contributed by atoms with van der Waals surface area (Å²) in [5, 5.41) is 9.76. The van der Waals surface area contributed by atoms with Gasteiger partial charge in [0, 0.05) is 75.3 Å². The standard InChI is InChI=1S/C52H73ClN4O11/c1-52(2,3)49-39-44(38-45(58)37-42-17-18-48(47-15-7-6-14-46(42)47)66-27-22-56-20-25-63-26-21-56)57(55-49)43-13-10-12-41(36-43)40-54-51(60)68-35-33-65-31-30-64-32-34-67-50(59)16-11-24-62-29-28-61-23-9-5-4-8-19-53/h6-7,10,12-15,17-18,36,39H,4-5,8-9,11,16,19-35,37-38,40H2,1-3H3,(H,54,60). The summed E-state index contributed by atoms with van der Waals surface area (Å²) >= 11 is 5.68. The van der Waals surface area contributed by atoms with Crippen molar-refractivity contribution in [1.82, 2.24) is 20.0 Å². The molecule has 68 heavy (non-hydrogen) atoms. The number of rotatable bonds is 33. The van der Waals surface area contributed by atoms with Crippen LogP contribution in [0.3, 0.4) is 0 Å². The molecular formula is C52H73ClN4O11. The average Bonchev–Trinajstić information content (AvgIpc) is 3.77. The summed E-state index contributed by atoms with van der Waals surface area (Å²) < 4.78 is 46.1. The van der Waals surface area contributed by atoms with Gasteiger partial charge in [0.1, 0.15) is 31.4 Å². The Labute approximate surface area is 407 Å². The van der Waals surface area contributed by atoms with Crippen molar-refractivity contribution in [2.24, 2.45) is 0 Å². The Morgan fingerprint density at radius 2 is 1.38 bits per heavy atom. The fraction of sp³-hybridized carbons (Fsp3) is 0.577. The first kappa shape index (κ1) is 54.3. The quantitative estimate of drug-likeness (QED) is 0.0281. The third kappa shape index (κ3) is 20.2. The smallest absolute Gasteiger partial charge is 0.407 e. The topological polar surface area (TPSA) is 158 Å². The van der Waals surface area contributed by atoms with Gasteiger partial charge in [-0.1, -0.05) is 76.1 Å². The molecule has 0 atom stereocenters. The number of halogens is 1. The molecule has 0 aliphatic carbocycles. The number of nitrogens with zero attached hydrogens (tertiary/aromatic N) is 3. The predicted octanol–water partition coefficient (Wildman–Crippen LogP) is 7.80. The van der Waals surface area contributed by atoms with Crippen LogP contribution in [-0.2, 0) is 67.5 Å². The van der Waals surface area contributed by atoms with Gasteiger partial charge in [-0.05, 0) is 60.0 Å². The van der Waals surface area contributed by atoms with E-state index in [1.54, 1.807) is 0 Å². The lowest BCUT2D eigenvalue weighted by molar-refractivity contribution is -0.145. The summed E-state index contributed by atoms with van der Waals surface area (Å²) in [4.78, 5) is 40.7. The van der Waals surface area contributed by atoms with Crippen molar-refractivity contribution in [3.8, 4) is 11.4 Å². The molecule has 1 aliphatic rings. The van der Waals surface area contributed by atoms with E-state index in [0.717, 1.165) is 110 Å². The van der Waals surface area contributed by atoms with Gasteiger partial charge in [-0.25, -0.2) is 9.48 Å². The maximum Gasteiger partial charge on any atom is 0.407 e. The van der Waals surface area contributed by atoms with Crippen LogP contribution in [0.2, 0.25) is 0 Å². The Morgan fingerprint density at radius 1 is 0.706 bits per heavy atom. The Hall–Kier alpha value is -4.61. The number of fused-ring (bicyclic) bond motifs is 1. The molecule has 3 aromatic carbocycles. The number of alkyl carbamates (subject to hydrolysis) is 1. The zero-order valence-electron chi connectivity index (χ0n) is 40.4. The molecule has 16 heteroatoms. The molecule has 374 valence electrons. The van der Waals surface area contributed by atoms with E-state index in [-0.39, 0.29) is 69.4 Å². The van der Waals surface area contributed by atoms with Crippen molar-refractivity contribution in [3.05, 3.63) is 89.2 Å². The Morgan fingerprint density at radius 3 is 2.12 bits per heavy atom. The van der Waals surface area contributed by atoms with Crippen molar-refractivity contribution < 1.29 is 52.3 Å². The van der Waals surface area contributed by atoms with Gasteiger partial charge in [0.15, 0.2) is 0 Å². The molecule has 4 aromatic rings. The molecule has 15 nitrogen and oxygen atoms in total. The maximum absolute atomic E-state index is 13.9. The normalized spacial score (nSPS) is 13.2. The molecule has 1 aliphatic heterocycles. The molecule has 1 saturated heterocycles. The summed E-state index contributed by atoms with van der Waals surface area (Å²) in [5.41, 5.74) is 3.99. The Kier molecular flexibility index (Phi) is 24.6. The molecule has 0 radical (unpaired) electrons. The van der Waals surface area contributed by atoms with Gasteiger partial charge in [0.05, 0.1) is 69.9 Å². The Balaban J connectivity index is 0.966. The van der Waals surface area contributed by atoms with Crippen LogP contribution in [0.5, 0.6) is 5.75 Å². The van der Waals surface area contributed by atoms with Crippen molar-refractivity contribution in [3.63, 3.8) is 0 Å². The number of hydrogen-bond donors (Lipinski definition) is 1. The summed E-state index contributed by atoms with van der Waals surface area (Å²) in [6, 6.07) is 21.8. The molecule has 1 amide bonds. The molecular weight excluding hydrogens is 892 g/mol. The predicted molar refractivity (Wildman–Crippen MR) is 262 cm³/mol. The third-order valence-electron chi connectivity index (χ3n) is 11.2. The molecule has 0 saturated carbocycles. The van der Waals surface area contributed by atoms with Crippen LogP contribution in [0, 0.1) is 0 Å². The summed E-state index contributed by atoms with van der Waals surface area (Å²) in [7, 11) is 0. The highest BCUT2D eigenvalue weighted by molar-refractivity contribution is 6.17. The van der Waals surface area contributed by atoms with Crippen LogP contribution in [0.15, 0.2) is 66.7 Å². The fourth-order valence-electron chi connectivity index (χ4n) is 7.45. The van der Waals surface area contributed by atoms with Crippen molar-refractivity contribution in [1.29, 1.82) is 0 Å². The second-order valence-corrected chi connectivity index (χ2v) is 18.1. The average molecular weight is 966 g/mol. The van der Waals surface area contributed by atoms with Crippen molar-refractivity contribution in [2.45, 2.75) is 84.1 Å². The van der Waals surface area contributed by atoms with Gasteiger partial charge < -0.3 is 43.2 Å². The van der Waals surface area contributed by atoms with E-state index in [4.69, 9.17) is 54.6 Å². The van der Waals surface area contributed by atoms with E-state index >= 15 is 0 Å². The molecule has 1 fully saturated rings. The number of Topliss-reactive ketones (excluding diaryl/α,β-unsaturated/α-hetero) is 1. The minimum absolute atomic E-state index is 0.0684. The van der Waals surface area contributed by atoms with Crippen LogP contribution < -0.4 is 10.1 Å². The molecule has 1 N–H and O–H groups in total. The highest BCUT2D eigenvalue weighted by Crippen LogP contribution is 2.30. The number of esters is 1. The summed E-state index contributed by atoms with van der Waals surface area (Å²) in [6.45, 7) is 14.8. The van der Waals surface area contributed by atoms with E-state index in [0.29, 0.717) is 51.9 Å². The van der Waals surface area contributed by atoms with E-state index in [1.807, 2.05) is 71.4 Å². The van der Waals surface area contributed by atoms with E-state index < -0.39 is 6.09 Å². The van der Waals surface area contributed by atoms with Gasteiger partial charge in [-0.15, -0.1) is 11.6 Å². The maximum atomic E-state index is 13.9. The summed E-state index contributed by atoms with van der Waals surface area (Å²) in [6.07, 6.45) is 5.08. The van der Waals surface area contributed by atoms with Gasteiger partial charge in [-0.2, -0.15) is 5.10 Å². The lowest BCUT2D eigenvalue weighted by Gasteiger charge is -2.26. The second kappa shape index (κ2) is 30.8. The monoisotopic (exact) mass is 964 g/mol. The molecule has 0 bridgehead atoms. The fourth-order valence-corrected chi connectivity index (χ4v) is 7.64. The molecule has 0 spiro atoms. The number of ketones is 1. The second-order valence-electron chi connectivity index (χ2n) is 17.7. The number of alkyl halides is 1. The number of morpholine rings is 1. The van der Waals surface area contributed by atoms with Crippen LogP contribution >= 0.6 is 11.6 Å². The molecule has 2 heterocycles. The first-order valence-electron chi connectivity index (χ1n) is 24.2. The molecule has 0 unspecified atom stereocenters. The number of carbonyl (C=O) groups is 3. The number of carbonyl (C=O) groups excluding carboxylic acids is 3. The highest BCUT2D eigenvalue weighted by Gasteiger charge is 2.23. The minimum atomic E-state index is -0.571. The van der Waals surface area contributed by atoms with Gasteiger partial charge in [0.25, 0.3) is 0 Å². The van der Waals surface area contributed by atoms with Crippen molar-refractivity contribution >= 4 is 40.2 Å². The first-order chi connectivity index (χ1) is 33.1. The number of hydrogen-bond acceptors (Lipinski definition) is 13. The van der Waals surface area contributed by atoms with Gasteiger partial charge >= 0.3 is 12.1 Å². The van der Waals surface area contributed by atoms with E-state index in [2.05, 4.69) is 31.0 Å². The number of benzene rings is 3. The minimum Gasteiger partial charge on any atom is -0.492 e. The summed E-state index contributed by atoms with van der Waals surface area (Å²) in [5.74, 6) is 1.30. The zero-order chi connectivity index (χ0) is 48.2. The van der Waals surface area contributed by atoms with Gasteiger partial charge in [-0.3, -0.25) is 14.5 Å². The third-order valence-corrected chi connectivity index (χ3v) is 11.5. The highest BCUT2D eigenvalue weighted by atomic mass is 35.5. The SMILES string of the molecule is CC(C)(C)c1cc(CC(=O)Cc2ccc(OCCN3CCOCC3)c3ccccc23)n(-c2cccc(CNC(=O)OCCOCCOCCOC(=O)CCCOCCOCCCCCCCl)c2)n1. The van der Waals surface area contributed by atoms with Crippen molar-refractivity contribution in [2.75, 3.05) is 111 Å². The van der Waals surface area contributed by atoms with E-state index in [9.17, 15) is 14.4 Å². The Bertz CT molecular complexity index is 2100. The number of ether oxygens (including phenoxy) is 8. The lowest BCUT2D eigenvalue weighted by atomic mass is 9.92. The first-order valence-corrected chi connectivity index (χ1v) is 24.7. The van der Waals surface area contributed by atoms with Crippen LogP contribution in [0.4, 0.5) is 4.79 Å². The zero-order valence-corrected chi connectivity index (χ0v) is 41.2. The number of aromatic nitrogens is 2. The lowest BCUT2D eigenvalue weighted by Crippen LogP contribution is -2.38. The van der Waals surface area contributed by atoms with Gasteiger partial charge in [0.2, 0.25) is 0 Å². The van der Waals surface area contributed by atoms with E-state index in [1.165, 1.54) is 0 Å². The van der Waals surface area contributed by atoms with Crippen LogP contribution in [0.1, 0.15) is 81.8 Å². The molecule has 1 aromatic heterocycles.